The van der Waals surface area contributed by atoms with Crippen LogP contribution in [0.4, 0.5) is 0 Å². The maximum atomic E-state index is 12.5. The topological polar surface area (TPSA) is 95.8 Å². The monoisotopic (exact) mass is 622 g/mol. The van der Waals surface area contributed by atoms with Gasteiger partial charge < -0.3 is 18.8 Å². The number of benzene rings is 2. The summed E-state index contributed by atoms with van der Waals surface area (Å²) >= 11 is 0. The van der Waals surface area contributed by atoms with Gasteiger partial charge in [-0.1, -0.05) is 24.3 Å². The SMILES string of the molecule is Cc1cc(C(=O)C2CC2)ccc1COc1cccc(C2CCN(Cc3nc4ccc(COC=O)cc4n3C[C@@H]3CCO3)[C@@H](C)C2)n1. The lowest BCUT2D eigenvalue weighted by molar-refractivity contribution is -0.129. The maximum Gasteiger partial charge on any atom is 0.293 e. The molecule has 240 valence electrons. The number of aromatic nitrogens is 3. The van der Waals surface area contributed by atoms with E-state index >= 15 is 0 Å². The first-order valence-corrected chi connectivity index (χ1v) is 16.6. The second-order valence-electron chi connectivity index (χ2n) is 13.2. The van der Waals surface area contributed by atoms with Crippen LogP contribution in [0, 0.1) is 12.8 Å². The first kappa shape index (κ1) is 30.6. The lowest BCUT2D eigenvalue weighted by Crippen LogP contribution is -2.40. The van der Waals surface area contributed by atoms with Crippen LogP contribution in [0.3, 0.4) is 0 Å². The molecule has 9 nitrogen and oxygen atoms in total. The minimum absolute atomic E-state index is 0.203. The van der Waals surface area contributed by atoms with Crippen molar-refractivity contribution in [3.63, 3.8) is 0 Å². The van der Waals surface area contributed by atoms with Crippen LogP contribution < -0.4 is 4.74 Å². The highest BCUT2D eigenvalue weighted by molar-refractivity contribution is 5.99. The molecule has 3 fully saturated rings. The van der Waals surface area contributed by atoms with E-state index in [1.807, 2.05) is 49.4 Å². The van der Waals surface area contributed by atoms with Crippen molar-refractivity contribution in [2.75, 3.05) is 13.2 Å². The van der Waals surface area contributed by atoms with Gasteiger partial charge in [-0.2, -0.15) is 0 Å². The zero-order chi connectivity index (χ0) is 31.6. The van der Waals surface area contributed by atoms with Gasteiger partial charge in [0, 0.05) is 41.8 Å². The summed E-state index contributed by atoms with van der Waals surface area (Å²) in [6.07, 6.45) is 5.31. The lowest BCUT2D eigenvalue weighted by Gasteiger charge is -2.37. The number of carbonyl (C=O) groups is 2. The number of likely N-dealkylation sites (tertiary alicyclic amines) is 1. The Hall–Kier alpha value is -4.08. The summed E-state index contributed by atoms with van der Waals surface area (Å²) in [5, 5.41) is 0. The first-order valence-electron chi connectivity index (χ1n) is 16.6. The number of aryl methyl sites for hydroxylation is 1. The fourth-order valence-corrected chi connectivity index (χ4v) is 6.78. The summed E-state index contributed by atoms with van der Waals surface area (Å²) in [6.45, 7) is 8.79. The largest absolute Gasteiger partial charge is 0.473 e. The number of nitrogens with zero attached hydrogens (tertiary/aromatic N) is 4. The van der Waals surface area contributed by atoms with Gasteiger partial charge in [-0.3, -0.25) is 14.5 Å². The average molecular weight is 623 g/mol. The van der Waals surface area contributed by atoms with Gasteiger partial charge >= 0.3 is 0 Å². The molecule has 3 aliphatic rings. The predicted octanol–water partition coefficient (Wildman–Crippen LogP) is 6.14. The van der Waals surface area contributed by atoms with E-state index in [1.165, 1.54) is 0 Å². The molecule has 3 atom stereocenters. The summed E-state index contributed by atoms with van der Waals surface area (Å²) in [5.41, 5.74) is 6.98. The van der Waals surface area contributed by atoms with Gasteiger partial charge in [0.05, 0.1) is 30.2 Å². The molecule has 1 unspecified atom stereocenters. The summed E-state index contributed by atoms with van der Waals surface area (Å²) in [4.78, 5) is 35.7. The van der Waals surface area contributed by atoms with Crippen LogP contribution in [0.1, 0.15) is 83.5 Å². The van der Waals surface area contributed by atoms with E-state index in [1.54, 1.807) is 0 Å². The Labute approximate surface area is 269 Å². The molecular formula is C37H42N4O5. The van der Waals surface area contributed by atoms with Gasteiger partial charge in [-0.05, 0) is 93.5 Å². The Morgan fingerprint density at radius 2 is 1.91 bits per heavy atom. The van der Waals surface area contributed by atoms with Crippen molar-refractivity contribution in [2.24, 2.45) is 5.92 Å². The number of hydrogen-bond donors (Lipinski definition) is 0. The summed E-state index contributed by atoms with van der Waals surface area (Å²) < 4.78 is 19.3. The van der Waals surface area contributed by atoms with Crippen LogP contribution in [-0.4, -0.2) is 57.0 Å². The second-order valence-corrected chi connectivity index (χ2v) is 13.2. The third-order valence-corrected chi connectivity index (χ3v) is 9.86. The van der Waals surface area contributed by atoms with E-state index < -0.39 is 0 Å². The number of rotatable bonds is 13. The number of Topliss-reactive ketones (excluding diaryl/α,β-unsaturated/α-hetero) is 1. The molecule has 1 aliphatic carbocycles. The molecule has 2 aromatic heterocycles. The van der Waals surface area contributed by atoms with Crippen LogP contribution in [-0.2, 0) is 40.6 Å². The second kappa shape index (κ2) is 13.3. The molecule has 1 saturated carbocycles. The highest BCUT2D eigenvalue weighted by Gasteiger charge is 2.31. The number of piperidine rings is 1. The Balaban J connectivity index is 0.997. The standard InChI is InChI=1S/C37H42N4O5/c1-24-16-29(37(43)27-7-8-27)9-10-30(24)22-46-36-5-3-4-32(39-36)28-12-14-40(25(2)17-28)20-35-38-33-11-6-26(21-44-23-42)18-34(33)41(35)19-31-13-15-45-31/h3-6,9-11,16,18,23,25,27-28,31H,7-8,12-15,17,19-22H2,1-2H3/t25-,28?,31-/m0/s1. The van der Waals surface area contributed by atoms with Crippen LogP contribution in [0.15, 0.2) is 54.6 Å². The van der Waals surface area contributed by atoms with Gasteiger partial charge in [-0.25, -0.2) is 9.97 Å². The summed E-state index contributed by atoms with van der Waals surface area (Å²) in [7, 11) is 0. The minimum Gasteiger partial charge on any atom is -0.473 e. The highest BCUT2D eigenvalue weighted by atomic mass is 16.5. The van der Waals surface area contributed by atoms with E-state index in [-0.39, 0.29) is 24.4 Å². The van der Waals surface area contributed by atoms with Crippen molar-refractivity contribution in [1.29, 1.82) is 0 Å². The fraction of sp³-hybridized carbons (Fsp3) is 0.459. The van der Waals surface area contributed by atoms with Gasteiger partial charge in [0.25, 0.3) is 6.47 Å². The highest BCUT2D eigenvalue weighted by Crippen LogP contribution is 2.34. The lowest BCUT2D eigenvalue weighted by atomic mass is 9.88. The molecule has 9 heteroatoms. The maximum absolute atomic E-state index is 12.5. The number of ether oxygens (including phenoxy) is 3. The van der Waals surface area contributed by atoms with Crippen LogP contribution in [0.25, 0.3) is 11.0 Å². The van der Waals surface area contributed by atoms with E-state index in [0.29, 0.717) is 30.9 Å². The molecule has 46 heavy (non-hydrogen) atoms. The summed E-state index contributed by atoms with van der Waals surface area (Å²) in [6, 6.07) is 18.5. The normalized spacial score (nSPS) is 21.6. The van der Waals surface area contributed by atoms with Gasteiger partial charge in [0.15, 0.2) is 5.78 Å². The Bertz CT molecular complexity index is 1730. The molecule has 2 saturated heterocycles. The molecule has 4 aromatic rings. The molecule has 2 aliphatic heterocycles. The van der Waals surface area contributed by atoms with E-state index in [2.05, 4.69) is 28.5 Å². The van der Waals surface area contributed by atoms with Crippen LogP contribution >= 0.6 is 0 Å². The van der Waals surface area contributed by atoms with Crippen LogP contribution in [0.5, 0.6) is 5.88 Å². The molecule has 0 spiro atoms. The number of fused-ring (bicyclic) bond motifs is 1. The molecule has 0 amide bonds. The average Bonchev–Trinajstić information content (AvgIpc) is 3.84. The molecule has 2 aromatic carbocycles. The zero-order valence-corrected chi connectivity index (χ0v) is 26.7. The fourth-order valence-electron chi connectivity index (χ4n) is 6.78. The minimum atomic E-state index is 0.203. The van der Waals surface area contributed by atoms with Crippen molar-refractivity contribution < 1.29 is 23.8 Å². The molecule has 4 heterocycles. The van der Waals surface area contributed by atoms with Crippen molar-refractivity contribution >= 4 is 23.3 Å². The number of pyridine rings is 1. The number of carbonyl (C=O) groups excluding carboxylic acids is 2. The quantitative estimate of drug-likeness (QED) is 0.130. The third kappa shape index (κ3) is 6.71. The smallest absolute Gasteiger partial charge is 0.293 e. The van der Waals surface area contributed by atoms with Gasteiger partial charge in [-0.15, -0.1) is 0 Å². The van der Waals surface area contributed by atoms with Gasteiger partial charge in [0.1, 0.15) is 19.0 Å². The van der Waals surface area contributed by atoms with Crippen LogP contribution in [0.2, 0.25) is 0 Å². The zero-order valence-electron chi connectivity index (χ0n) is 26.7. The summed E-state index contributed by atoms with van der Waals surface area (Å²) in [5.74, 6) is 2.52. The van der Waals surface area contributed by atoms with E-state index in [4.69, 9.17) is 24.2 Å². The molecule has 7 rings (SSSR count). The Kier molecular flexibility index (Phi) is 8.86. The Morgan fingerprint density at radius 3 is 2.65 bits per heavy atom. The molecular weight excluding hydrogens is 580 g/mol. The van der Waals surface area contributed by atoms with Gasteiger partial charge in [0.2, 0.25) is 5.88 Å². The first-order chi connectivity index (χ1) is 22.4. The van der Waals surface area contributed by atoms with Crippen molar-refractivity contribution in [3.8, 4) is 5.88 Å². The number of ketones is 1. The molecule has 0 radical (unpaired) electrons. The van der Waals surface area contributed by atoms with E-state index in [9.17, 15) is 9.59 Å². The van der Waals surface area contributed by atoms with Crippen molar-refractivity contribution in [3.05, 3.63) is 88.4 Å². The van der Waals surface area contributed by atoms with E-state index in [0.717, 1.165) is 103 Å². The number of hydrogen-bond acceptors (Lipinski definition) is 8. The Morgan fingerprint density at radius 1 is 1.04 bits per heavy atom. The predicted molar refractivity (Wildman–Crippen MR) is 174 cm³/mol. The number of imidazole rings is 1. The van der Waals surface area contributed by atoms with Crippen molar-refractivity contribution in [2.45, 2.75) is 90.3 Å². The third-order valence-electron chi connectivity index (χ3n) is 9.86. The molecule has 0 bridgehead atoms. The molecule has 0 N–H and O–H groups in total. The van der Waals surface area contributed by atoms with Crippen molar-refractivity contribution in [1.82, 2.24) is 19.4 Å².